The van der Waals surface area contributed by atoms with Crippen molar-refractivity contribution in [2.75, 3.05) is 21.0 Å². The van der Waals surface area contributed by atoms with Crippen molar-refractivity contribution in [1.82, 2.24) is 5.32 Å². The van der Waals surface area contributed by atoms with Crippen molar-refractivity contribution in [3.8, 4) is 28.7 Å². The topological polar surface area (TPSA) is 75.3 Å². The zero-order valence-electron chi connectivity index (χ0n) is 16.6. The third-order valence-corrected chi connectivity index (χ3v) is 5.31. The molecule has 1 amide bonds. The molecule has 2 aliphatic rings. The van der Waals surface area contributed by atoms with Crippen LogP contribution in [-0.2, 0) is 0 Å². The normalized spacial score (nSPS) is 20.1. The number of carbonyl (C=O) groups excluding carboxylic acids is 1. The number of methoxy groups -OCH3 is 2. The molecule has 0 atom stereocenters. The van der Waals surface area contributed by atoms with E-state index in [1.54, 1.807) is 32.4 Å². The lowest BCUT2D eigenvalue weighted by molar-refractivity contribution is 0.0890. The van der Waals surface area contributed by atoms with Crippen LogP contribution in [0.5, 0.6) is 28.7 Å². The molecule has 1 N–H and O–H groups in total. The highest BCUT2D eigenvalue weighted by Crippen LogP contribution is 2.36. The van der Waals surface area contributed by atoms with Crippen LogP contribution in [0.1, 0.15) is 36.0 Å². The molecule has 1 aliphatic heterocycles. The monoisotopic (exact) mass is 399 g/mol. The van der Waals surface area contributed by atoms with E-state index in [4.69, 9.17) is 23.7 Å². The number of hydrogen-bond acceptors (Lipinski definition) is 6. The highest BCUT2D eigenvalue weighted by atomic mass is 16.7. The maximum atomic E-state index is 12.7. The molecule has 1 aliphatic carbocycles. The number of benzene rings is 2. The predicted octanol–water partition coefficient (Wildman–Crippen LogP) is 3.55. The van der Waals surface area contributed by atoms with E-state index < -0.39 is 0 Å². The van der Waals surface area contributed by atoms with E-state index in [9.17, 15) is 4.79 Å². The lowest BCUT2D eigenvalue weighted by atomic mass is 9.92. The smallest absolute Gasteiger partial charge is 0.255 e. The van der Waals surface area contributed by atoms with Crippen LogP contribution in [0.25, 0.3) is 0 Å². The Bertz CT molecular complexity index is 876. The molecule has 29 heavy (non-hydrogen) atoms. The maximum absolute atomic E-state index is 12.7. The Morgan fingerprint density at radius 1 is 0.931 bits per heavy atom. The Hall–Kier alpha value is -3.09. The van der Waals surface area contributed by atoms with E-state index in [0.29, 0.717) is 17.1 Å². The van der Waals surface area contributed by atoms with Crippen LogP contribution in [0.4, 0.5) is 0 Å². The fraction of sp³-hybridized carbons (Fsp3) is 0.409. The molecule has 1 saturated carbocycles. The predicted molar refractivity (Wildman–Crippen MR) is 106 cm³/mol. The minimum absolute atomic E-state index is 0.117. The number of fused-ring (bicyclic) bond motifs is 1. The summed E-state index contributed by atoms with van der Waals surface area (Å²) in [5.74, 6) is 3.27. The van der Waals surface area contributed by atoms with Crippen molar-refractivity contribution in [2.24, 2.45) is 0 Å². The van der Waals surface area contributed by atoms with Gasteiger partial charge in [0.2, 0.25) is 6.79 Å². The van der Waals surface area contributed by atoms with Crippen LogP contribution < -0.4 is 29.0 Å². The van der Waals surface area contributed by atoms with Gasteiger partial charge in [-0.05, 0) is 49.9 Å². The summed E-state index contributed by atoms with van der Waals surface area (Å²) in [6.45, 7) is 0.253. The van der Waals surface area contributed by atoms with E-state index in [0.717, 1.165) is 42.9 Å². The van der Waals surface area contributed by atoms with Gasteiger partial charge < -0.3 is 29.0 Å². The summed E-state index contributed by atoms with van der Waals surface area (Å²) in [4.78, 5) is 12.7. The van der Waals surface area contributed by atoms with E-state index in [1.807, 2.05) is 18.2 Å². The third-order valence-electron chi connectivity index (χ3n) is 5.31. The Labute approximate surface area is 169 Å². The van der Waals surface area contributed by atoms with E-state index in [1.165, 1.54) is 0 Å². The van der Waals surface area contributed by atoms with Crippen LogP contribution in [0.2, 0.25) is 0 Å². The molecular formula is C22H25NO6. The molecule has 0 radical (unpaired) electrons. The number of ether oxygens (including phenoxy) is 5. The molecule has 0 saturated heterocycles. The molecule has 0 aromatic heterocycles. The molecule has 0 unspecified atom stereocenters. The maximum Gasteiger partial charge on any atom is 0.255 e. The second-order valence-electron chi connectivity index (χ2n) is 7.15. The average molecular weight is 399 g/mol. The second-order valence-corrected chi connectivity index (χ2v) is 7.15. The van der Waals surface area contributed by atoms with Gasteiger partial charge in [-0.3, -0.25) is 4.79 Å². The molecule has 1 fully saturated rings. The van der Waals surface area contributed by atoms with Crippen LogP contribution in [-0.4, -0.2) is 39.1 Å². The Kier molecular flexibility index (Phi) is 5.64. The van der Waals surface area contributed by atoms with Gasteiger partial charge in [0.1, 0.15) is 17.2 Å². The van der Waals surface area contributed by atoms with Gasteiger partial charge >= 0.3 is 0 Å². The zero-order chi connectivity index (χ0) is 20.2. The molecule has 4 rings (SSSR count). The molecule has 0 spiro atoms. The third kappa shape index (κ3) is 4.34. The van der Waals surface area contributed by atoms with Gasteiger partial charge in [-0.1, -0.05) is 0 Å². The molecule has 7 heteroatoms. The van der Waals surface area contributed by atoms with Crippen molar-refractivity contribution in [3.63, 3.8) is 0 Å². The van der Waals surface area contributed by atoms with Crippen LogP contribution in [0, 0.1) is 0 Å². The molecule has 154 valence electrons. The SMILES string of the molecule is COc1ccc(C(=O)NC2CCC(Oc3ccc4c(c3)OCO4)CC2)c(OC)c1. The number of nitrogens with one attached hydrogen (secondary N) is 1. The van der Waals surface area contributed by atoms with Gasteiger partial charge in [0, 0.05) is 18.2 Å². The summed E-state index contributed by atoms with van der Waals surface area (Å²) in [6.07, 6.45) is 3.59. The molecule has 7 nitrogen and oxygen atoms in total. The summed E-state index contributed by atoms with van der Waals surface area (Å²) in [7, 11) is 3.13. The van der Waals surface area contributed by atoms with Crippen molar-refractivity contribution in [3.05, 3.63) is 42.0 Å². The zero-order valence-corrected chi connectivity index (χ0v) is 16.6. The van der Waals surface area contributed by atoms with Gasteiger partial charge in [-0.15, -0.1) is 0 Å². The fourth-order valence-electron chi connectivity index (χ4n) is 3.72. The second kappa shape index (κ2) is 8.51. The van der Waals surface area contributed by atoms with Gasteiger partial charge in [0.15, 0.2) is 11.5 Å². The molecule has 2 aromatic rings. The van der Waals surface area contributed by atoms with E-state index >= 15 is 0 Å². The first-order chi connectivity index (χ1) is 14.2. The summed E-state index contributed by atoms with van der Waals surface area (Å²) < 4.78 is 27.3. The Morgan fingerprint density at radius 2 is 1.69 bits per heavy atom. The number of carbonyl (C=O) groups is 1. The van der Waals surface area contributed by atoms with Crippen molar-refractivity contribution in [2.45, 2.75) is 37.8 Å². The molecule has 0 bridgehead atoms. The summed E-state index contributed by atoms with van der Waals surface area (Å²) in [5.41, 5.74) is 0.507. The lowest BCUT2D eigenvalue weighted by Gasteiger charge is -2.29. The standard InChI is InChI=1S/C22H25NO6/c1-25-16-7-9-18(20(11-16)26-2)22(24)23-14-3-5-15(6-4-14)29-17-8-10-19-21(12-17)28-13-27-19/h7-12,14-15H,3-6,13H2,1-2H3,(H,23,24). The Balaban J connectivity index is 1.30. The first-order valence-corrected chi connectivity index (χ1v) is 9.75. The van der Waals surface area contributed by atoms with Crippen molar-refractivity contribution in [1.29, 1.82) is 0 Å². The summed E-state index contributed by atoms with van der Waals surface area (Å²) in [6, 6.07) is 10.9. The lowest BCUT2D eigenvalue weighted by Crippen LogP contribution is -2.39. The minimum atomic E-state index is -0.135. The van der Waals surface area contributed by atoms with Gasteiger partial charge in [-0.2, -0.15) is 0 Å². The largest absolute Gasteiger partial charge is 0.497 e. The fourth-order valence-corrected chi connectivity index (χ4v) is 3.72. The Morgan fingerprint density at radius 3 is 2.45 bits per heavy atom. The first-order valence-electron chi connectivity index (χ1n) is 9.75. The van der Waals surface area contributed by atoms with Crippen molar-refractivity contribution >= 4 is 5.91 Å². The quantitative estimate of drug-likeness (QED) is 0.801. The van der Waals surface area contributed by atoms with Gasteiger partial charge in [-0.25, -0.2) is 0 Å². The van der Waals surface area contributed by atoms with Crippen LogP contribution >= 0.6 is 0 Å². The van der Waals surface area contributed by atoms with Gasteiger partial charge in [0.05, 0.1) is 25.9 Å². The summed E-state index contributed by atoms with van der Waals surface area (Å²) >= 11 is 0. The molecule has 1 heterocycles. The van der Waals surface area contributed by atoms with Gasteiger partial charge in [0.25, 0.3) is 5.91 Å². The highest BCUT2D eigenvalue weighted by molar-refractivity contribution is 5.97. The highest BCUT2D eigenvalue weighted by Gasteiger charge is 2.25. The number of hydrogen-bond donors (Lipinski definition) is 1. The average Bonchev–Trinajstić information content (AvgIpc) is 3.22. The molecule has 2 aromatic carbocycles. The summed E-state index contributed by atoms with van der Waals surface area (Å²) in [5, 5.41) is 3.11. The van der Waals surface area contributed by atoms with Crippen LogP contribution in [0.3, 0.4) is 0 Å². The van der Waals surface area contributed by atoms with E-state index in [2.05, 4.69) is 5.32 Å². The van der Waals surface area contributed by atoms with Crippen molar-refractivity contribution < 1.29 is 28.5 Å². The minimum Gasteiger partial charge on any atom is -0.497 e. The van der Waals surface area contributed by atoms with E-state index in [-0.39, 0.29) is 24.8 Å². The number of amides is 1. The molecular weight excluding hydrogens is 374 g/mol. The first kappa shape index (κ1) is 19.2. The number of rotatable bonds is 6. The van der Waals surface area contributed by atoms with Crippen LogP contribution in [0.15, 0.2) is 36.4 Å².